The van der Waals surface area contributed by atoms with Crippen LogP contribution in [-0.4, -0.2) is 36.3 Å². The molecule has 0 unspecified atom stereocenters. The maximum absolute atomic E-state index is 13.1. The number of carbonyl (C=O) groups is 2. The van der Waals surface area contributed by atoms with Crippen molar-refractivity contribution < 1.29 is 9.59 Å². The van der Waals surface area contributed by atoms with Crippen molar-refractivity contribution in [2.45, 2.75) is 50.9 Å². The molecule has 2 aliphatic carbocycles. The lowest BCUT2D eigenvalue weighted by Crippen LogP contribution is -2.39. The largest absolute Gasteiger partial charge is 0.366 e. The summed E-state index contributed by atoms with van der Waals surface area (Å²) in [5.74, 6) is 0.991. The van der Waals surface area contributed by atoms with Gasteiger partial charge in [0.2, 0.25) is 0 Å². The first-order valence-corrected chi connectivity index (χ1v) is 14.4. The molecule has 0 atom stereocenters. The molecule has 0 saturated heterocycles. The topological polar surface area (TPSA) is 144 Å². The number of benzene rings is 2. The third-order valence-electron chi connectivity index (χ3n) is 7.88. The van der Waals surface area contributed by atoms with Crippen LogP contribution in [0.15, 0.2) is 76.4 Å². The van der Waals surface area contributed by atoms with Crippen LogP contribution in [0.4, 0.5) is 5.82 Å². The zero-order valence-corrected chi connectivity index (χ0v) is 23.2. The normalized spacial score (nSPS) is 14.5. The Labute approximate surface area is 245 Å². The molecule has 5 aromatic rings. The minimum atomic E-state index is -0.303. The number of amides is 1. The Morgan fingerprint density at radius 3 is 2.19 bits per heavy atom. The highest BCUT2D eigenvalue weighted by atomic mass is 16.2. The highest BCUT2D eigenvalue weighted by Gasteiger charge is 2.34. The second-order valence-electron chi connectivity index (χ2n) is 11.1. The van der Waals surface area contributed by atoms with E-state index in [1.807, 2.05) is 36.4 Å². The summed E-state index contributed by atoms with van der Waals surface area (Å²) in [6.45, 7) is 0.944. The van der Waals surface area contributed by atoms with Crippen molar-refractivity contribution in [1.82, 2.24) is 29.4 Å². The van der Waals surface area contributed by atoms with Gasteiger partial charge in [0.25, 0.3) is 11.5 Å². The van der Waals surface area contributed by atoms with Crippen LogP contribution in [0.1, 0.15) is 69.6 Å². The number of nitrogens with one attached hydrogen (secondary N) is 3. The number of fused-ring (bicyclic) bond motifs is 1. The van der Waals surface area contributed by atoms with Gasteiger partial charge in [-0.15, -0.1) is 0 Å². The van der Waals surface area contributed by atoms with Gasteiger partial charge in [0.1, 0.15) is 23.4 Å². The van der Waals surface area contributed by atoms with Crippen LogP contribution in [0.3, 0.4) is 0 Å². The molecule has 1 amide bonds. The minimum Gasteiger partial charge on any atom is -0.366 e. The number of aldehydes is 1. The van der Waals surface area contributed by atoms with Crippen molar-refractivity contribution in [1.29, 1.82) is 0 Å². The molecule has 0 bridgehead atoms. The molecule has 11 nitrogen and oxygen atoms in total. The SMILES string of the molecule is O=Cc1ccc(C(=O)NCc2ccc(CNc3ccc(-c4nc5c([nH]4)c(=O)n(C4CC4)c(=O)n5C4CC4)cn3)cc2)cc1. The fourth-order valence-corrected chi connectivity index (χ4v) is 5.16. The number of imidazole rings is 1. The van der Waals surface area contributed by atoms with Gasteiger partial charge in [-0.1, -0.05) is 36.4 Å². The summed E-state index contributed by atoms with van der Waals surface area (Å²) < 4.78 is 3.08. The lowest BCUT2D eigenvalue weighted by Gasteiger charge is -2.09. The van der Waals surface area contributed by atoms with Crippen molar-refractivity contribution in [2.24, 2.45) is 0 Å². The van der Waals surface area contributed by atoms with Crippen LogP contribution >= 0.6 is 0 Å². The third kappa shape index (κ3) is 5.36. The molecule has 216 valence electrons. The molecule has 2 saturated carbocycles. The van der Waals surface area contributed by atoms with E-state index in [1.54, 1.807) is 35.0 Å². The summed E-state index contributed by atoms with van der Waals surface area (Å²) >= 11 is 0. The zero-order chi connectivity index (χ0) is 29.5. The molecule has 0 radical (unpaired) electrons. The first-order valence-electron chi connectivity index (χ1n) is 14.4. The zero-order valence-electron chi connectivity index (χ0n) is 23.2. The summed E-state index contributed by atoms with van der Waals surface area (Å²) in [5, 5.41) is 6.20. The molecule has 0 spiro atoms. The van der Waals surface area contributed by atoms with Crippen molar-refractivity contribution in [2.75, 3.05) is 5.32 Å². The van der Waals surface area contributed by atoms with Crippen molar-refractivity contribution in [3.63, 3.8) is 0 Å². The molecule has 3 heterocycles. The smallest absolute Gasteiger partial charge is 0.333 e. The number of anilines is 1. The molecule has 11 heteroatoms. The highest BCUT2D eigenvalue weighted by Crippen LogP contribution is 2.37. The molecule has 2 aliphatic rings. The lowest BCUT2D eigenvalue weighted by atomic mass is 10.1. The van der Waals surface area contributed by atoms with Crippen molar-refractivity contribution in [3.05, 3.63) is 110 Å². The second kappa shape index (κ2) is 10.8. The van der Waals surface area contributed by atoms with E-state index in [2.05, 4.69) is 25.6 Å². The van der Waals surface area contributed by atoms with Crippen LogP contribution in [0.5, 0.6) is 0 Å². The predicted molar refractivity (Wildman–Crippen MR) is 161 cm³/mol. The predicted octanol–water partition coefficient (Wildman–Crippen LogP) is 3.97. The lowest BCUT2D eigenvalue weighted by molar-refractivity contribution is 0.0950. The van der Waals surface area contributed by atoms with E-state index in [0.717, 1.165) is 48.7 Å². The number of pyridine rings is 1. The molecule has 2 fully saturated rings. The van der Waals surface area contributed by atoms with Gasteiger partial charge >= 0.3 is 5.69 Å². The highest BCUT2D eigenvalue weighted by molar-refractivity contribution is 5.94. The molecule has 3 aromatic heterocycles. The summed E-state index contributed by atoms with van der Waals surface area (Å²) in [4.78, 5) is 61.8. The number of carbonyl (C=O) groups excluding carboxylic acids is 2. The molecule has 0 aliphatic heterocycles. The number of aromatic nitrogens is 5. The first kappa shape index (κ1) is 26.6. The average molecular weight is 576 g/mol. The Morgan fingerprint density at radius 1 is 0.884 bits per heavy atom. The van der Waals surface area contributed by atoms with E-state index in [0.29, 0.717) is 47.0 Å². The minimum absolute atomic E-state index is 0.00970. The molecular formula is C32H29N7O4. The molecule has 7 rings (SSSR count). The Bertz CT molecular complexity index is 1950. The second-order valence-corrected chi connectivity index (χ2v) is 11.1. The number of nitrogens with zero attached hydrogens (tertiary/aromatic N) is 4. The van der Waals surface area contributed by atoms with Gasteiger partial charge in [-0.3, -0.25) is 23.5 Å². The van der Waals surface area contributed by atoms with Crippen LogP contribution in [0, 0.1) is 0 Å². The number of rotatable bonds is 10. The van der Waals surface area contributed by atoms with E-state index >= 15 is 0 Å². The Balaban J connectivity index is 0.990. The van der Waals surface area contributed by atoms with E-state index in [1.165, 1.54) is 4.57 Å². The fraction of sp³-hybridized carbons (Fsp3) is 0.250. The third-order valence-corrected chi connectivity index (χ3v) is 7.88. The fourth-order valence-electron chi connectivity index (χ4n) is 5.16. The van der Waals surface area contributed by atoms with E-state index < -0.39 is 0 Å². The van der Waals surface area contributed by atoms with Gasteiger partial charge in [-0.2, -0.15) is 0 Å². The standard InChI is InChI=1S/C32H29N7O4/c40-18-21-5-7-22(8-6-21)30(41)35-16-20-3-1-19(2-4-20)15-33-26-14-9-23(17-34-26)28-36-27-29(37-28)38(24-10-11-24)32(43)39(31(27)42)25-12-13-25/h1-9,14,17-18,24-25H,10-13,15-16H2,(H,33,34)(H,35,41)(H,36,37). The van der Waals surface area contributed by atoms with Gasteiger partial charge in [0.05, 0.1) is 0 Å². The molecule has 3 N–H and O–H groups in total. The van der Waals surface area contributed by atoms with Gasteiger partial charge in [0.15, 0.2) is 5.65 Å². The molecule has 43 heavy (non-hydrogen) atoms. The molecular weight excluding hydrogens is 546 g/mol. The number of aromatic amines is 1. The van der Waals surface area contributed by atoms with Crippen molar-refractivity contribution >= 4 is 29.2 Å². The molecule has 2 aromatic carbocycles. The van der Waals surface area contributed by atoms with Crippen LogP contribution in [0.25, 0.3) is 22.6 Å². The summed E-state index contributed by atoms with van der Waals surface area (Å²) in [6, 6.07) is 18.2. The summed E-state index contributed by atoms with van der Waals surface area (Å²) in [6.07, 6.45) is 5.98. The van der Waals surface area contributed by atoms with Crippen molar-refractivity contribution in [3.8, 4) is 11.4 Å². The number of hydrogen-bond donors (Lipinski definition) is 3. The van der Waals surface area contributed by atoms with Crippen LogP contribution in [-0.2, 0) is 13.1 Å². The Morgan fingerprint density at radius 2 is 1.56 bits per heavy atom. The Kier molecular flexibility index (Phi) is 6.69. The van der Waals surface area contributed by atoms with E-state index in [-0.39, 0.29) is 29.2 Å². The van der Waals surface area contributed by atoms with Gasteiger partial charge in [0, 0.05) is 48.1 Å². The maximum atomic E-state index is 13.1. The van der Waals surface area contributed by atoms with Crippen LogP contribution < -0.4 is 21.9 Å². The van der Waals surface area contributed by atoms with E-state index in [9.17, 15) is 19.2 Å². The average Bonchev–Trinajstić information content (AvgIpc) is 3.98. The van der Waals surface area contributed by atoms with Gasteiger partial charge in [-0.05, 0) is 61.1 Å². The van der Waals surface area contributed by atoms with E-state index in [4.69, 9.17) is 0 Å². The summed E-state index contributed by atoms with van der Waals surface area (Å²) in [5.41, 5.74) is 4.00. The number of hydrogen-bond acceptors (Lipinski definition) is 7. The van der Waals surface area contributed by atoms with Gasteiger partial charge < -0.3 is 15.6 Å². The summed E-state index contributed by atoms with van der Waals surface area (Å²) in [7, 11) is 0. The van der Waals surface area contributed by atoms with Gasteiger partial charge in [-0.25, -0.2) is 14.8 Å². The quantitative estimate of drug-likeness (QED) is 0.214. The van der Waals surface area contributed by atoms with Crippen LogP contribution in [0.2, 0.25) is 0 Å². The number of H-pyrrole nitrogens is 1. The monoisotopic (exact) mass is 575 g/mol. The Hall–Kier alpha value is -5.32. The first-order chi connectivity index (χ1) is 21.0. The maximum Gasteiger partial charge on any atom is 0.333 e.